The molecule has 5 heteroatoms. The first-order valence-electron chi connectivity index (χ1n) is 8.57. The number of ether oxygens (including phenoxy) is 3. The van der Waals surface area contributed by atoms with Gasteiger partial charge >= 0.3 is 0 Å². The molecule has 0 bridgehead atoms. The van der Waals surface area contributed by atoms with Crippen molar-refractivity contribution in [3.8, 4) is 0 Å². The predicted molar refractivity (Wildman–Crippen MR) is 99.2 cm³/mol. The Morgan fingerprint density at radius 1 is 0.923 bits per heavy atom. The summed E-state index contributed by atoms with van der Waals surface area (Å²) in [6.07, 6.45) is 1.42. The molecule has 1 aliphatic heterocycles. The van der Waals surface area contributed by atoms with Crippen LogP contribution in [0.1, 0.15) is 25.0 Å². The van der Waals surface area contributed by atoms with Gasteiger partial charge in [-0.15, -0.1) is 0 Å². The van der Waals surface area contributed by atoms with Crippen LogP contribution >= 0.6 is 0 Å². The molecule has 0 fully saturated rings. The minimum Gasteiger partial charge on any atom is -0.623 e. The van der Waals surface area contributed by atoms with Crippen LogP contribution in [0.4, 0.5) is 0 Å². The summed E-state index contributed by atoms with van der Waals surface area (Å²) in [7, 11) is 0. The Bertz CT molecular complexity index is 782. The zero-order valence-corrected chi connectivity index (χ0v) is 15.1. The summed E-state index contributed by atoms with van der Waals surface area (Å²) >= 11 is 0. The predicted octanol–water partition coefficient (Wildman–Crippen LogP) is 3.98. The van der Waals surface area contributed by atoms with Gasteiger partial charge in [-0.3, -0.25) is 0 Å². The topological polar surface area (TPSA) is 53.8 Å². The summed E-state index contributed by atoms with van der Waals surface area (Å²) in [6, 6.07) is 19.4. The Morgan fingerprint density at radius 2 is 1.54 bits per heavy atom. The zero-order valence-electron chi connectivity index (χ0n) is 15.1. The second-order valence-corrected chi connectivity index (χ2v) is 6.56. The fourth-order valence-electron chi connectivity index (χ4n) is 2.66. The van der Waals surface area contributed by atoms with Crippen molar-refractivity contribution in [3.63, 3.8) is 0 Å². The summed E-state index contributed by atoms with van der Waals surface area (Å²) in [5.74, 6) is 0.124. The van der Waals surface area contributed by atoms with Crippen molar-refractivity contribution < 1.29 is 18.9 Å². The summed E-state index contributed by atoms with van der Waals surface area (Å²) < 4.78 is 18.1. The molecule has 136 valence electrons. The highest BCUT2D eigenvalue weighted by molar-refractivity contribution is 5.73. The number of hydrogen-bond donors (Lipinski definition) is 0. The summed E-state index contributed by atoms with van der Waals surface area (Å²) in [5, 5.41) is 12.3. The van der Waals surface area contributed by atoms with E-state index in [2.05, 4.69) is 0 Å². The van der Waals surface area contributed by atoms with Gasteiger partial charge in [0.2, 0.25) is 17.8 Å². The van der Waals surface area contributed by atoms with Gasteiger partial charge in [0.05, 0.1) is 6.61 Å². The highest BCUT2D eigenvalue weighted by Crippen LogP contribution is 2.29. The van der Waals surface area contributed by atoms with E-state index >= 15 is 0 Å². The van der Waals surface area contributed by atoms with Crippen LogP contribution in [0.3, 0.4) is 0 Å². The van der Waals surface area contributed by atoms with E-state index in [1.807, 2.05) is 60.7 Å². The van der Waals surface area contributed by atoms with Gasteiger partial charge in [0.1, 0.15) is 6.61 Å². The highest BCUT2D eigenvalue weighted by atomic mass is 16.7. The average molecular weight is 353 g/mol. The Hall–Kier alpha value is -2.79. The van der Waals surface area contributed by atoms with Gasteiger partial charge in [-0.1, -0.05) is 60.7 Å². The third-order valence-corrected chi connectivity index (χ3v) is 3.79. The van der Waals surface area contributed by atoms with E-state index in [9.17, 15) is 5.21 Å². The first-order chi connectivity index (χ1) is 12.5. The molecule has 3 rings (SSSR count). The zero-order chi connectivity index (χ0) is 18.4. The van der Waals surface area contributed by atoms with Crippen LogP contribution in [-0.2, 0) is 27.4 Å². The molecule has 5 nitrogen and oxygen atoms in total. The van der Waals surface area contributed by atoms with Gasteiger partial charge in [0, 0.05) is 19.4 Å². The number of hydroxylamine groups is 1. The Labute approximate surface area is 153 Å². The minimum atomic E-state index is -0.815. The van der Waals surface area contributed by atoms with Gasteiger partial charge in [0.15, 0.2) is 12.3 Å². The molecule has 2 aromatic rings. The molecule has 0 saturated carbocycles. The molecule has 1 heterocycles. The first-order valence-corrected chi connectivity index (χ1v) is 8.57. The van der Waals surface area contributed by atoms with Crippen LogP contribution in [0.5, 0.6) is 0 Å². The van der Waals surface area contributed by atoms with Crippen molar-refractivity contribution in [2.45, 2.75) is 32.8 Å². The third-order valence-electron chi connectivity index (χ3n) is 3.79. The third kappa shape index (κ3) is 5.10. The standard InChI is InChI=1S/C21H23NO4/c1-21(2)25-19(14-22(23)13-17-9-5-3-6-10-17)20(26-21)16-24-15-18-11-7-4-8-12-18/h3-12,14H,13,15-16H2,1-2H3/b22-14-. The molecule has 0 unspecified atom stereocenters. The Morgan fingerprint density at radius 3 is 2.19 bits per heavy atom. The Kier molecular flexibility index (Phi) is 5.58. The summed E-state index contributed by atoms with van der Waals surface area (Å²) in [5.41, 5.74) is 2.01. The lowest BCUT2D eigenvalue weighted by molar-refractivity contribution is -0.470. The van der Waals surface area contributed by atoms with E-state index in [1.54, 1.807) is 13.8 Å². The fraction of sp³-hybridized carbons (Fsp3) is 0.286. The second kappa shape index (κ2) is 8.06. The van der Waals surface area contributed by atoms with Crippen LogP contribution in [-0.4, -0.2) is 23.3 Å². The number of rotatable bonds is 7. The molecule has 0 radical (unpaired) electrons. The quantitative estimate of drug-likeness (QED) is 0.327. The van der Waals surface area contributed by atoms with Gasteiger partial charge in [-0.25, -0.2) is 4.74 Å². The number of nitrogens with zero attached hydrogens (tertiary/aromatic N) is 1. The van der Waals surface area contributed by atoms with Crippen LogP contribution in [0.2, 0.25) is 0 Å². The molecule has 0 spiro atoms. The fourth-order valence-corrected chi connectivity index (χ4v) is 2.66. The summed E-state index contributed by atoms with van der Waals surface area (Å²) in [6.45, 7) is 4.55. The van der Waals surface area contributed by atoms with E-state index in [-0.39, 0.29) is 13.2 Å². The highest BCUT2D eigenvalue weighted by Gasteiger charge is 2.34. The Balaban J connectivity index is 1.66. The number of hydrogen-bond acceptors (Lipinski definition) is 4. The van der Waals surface area contributed by atoms with Gasteiger partial charge in [-0.2, -0.15) is 0 Å². The maximum Gasteiger partial charge on any atom is 0.246 e. The molecule has 0 atom stereocenters. The minimum absolute atomic E-state index is 0.239. The average Bonchev–Trinajstić information content (AvgIpc) is 2.90. The maximum atomic E-state index is 12.3. The largest absolute Gasteiger partial charge is 0.623 e. The van der Waals surface area contributed by atoms with Gasteiger partial charge < -0.3 is 19.4 Å². The van der Waals surface area contributed by atoms with Gasteiger partial charge in [-0.05, 0) is 5.56 Å². The molecule has 0 aliphatic carbocycles. The first kappa shape index (κ1) is 18.0. The molecule has 2 aromatic carbocycles. The smallest absolute Gasteiger partial charge is 0.246 e. The molecule has 1 aliphatic rings. The van der Waals surface area contributed by atoms with Crippen molar-refractivity contribution in [2.24, 2.45) is 0 Å². The van der Waals surface area contributed by atoms with Crippen LogP contribution in [0.25, 0.3) is 0 Å². The number of allylic oxidation sites excluding steroid dienone is 1. The molecular formula is C21H23NO4. The molecule has 26 heavy (non-hydrogen) atoms. The van der Waals surface area contributed by atoms with E-state index in [0.717, 1.165) is 15.9 Å². The van der Waals surface area contributed by atoms with E-state index in [0.29, 0.717) is 18.1 Å². The van der Waals surface area contributed by atoms with E-state index < -0.39 is 5.79 Å². The van der Waals surface area contributed by atoms with Gasteiger partial charge in [0.25, 0.3) is 0 Å². The monoisotopic (exact) mass is 353 g/mol. The van der Waals surface area contributed by atoms with Crippen molar-refractivity contribution in [3.05, 3.63) is 88.5 Å². The second-order valence-electron chi connectivity index (χ2n) is 6.56. The van der Waals surface area contributed by atoms with Crippen LogP contribution < -0.4 is 0 Å². The van der Waals surface area contributed by atoms with Crippen LogP contribution in [0.15, 0.2) is 72.2 Å². The lowest BCUT2D eigenvalue weighted by Gasteiger charge is -2.18. The lowest BCUT2D eigenvalue weighted by atomic mass is 10.2. The van der Waals surface area contributed by atoms with E-state index in [1.165, 1.54) is 6.21 Å². The molecule has 0 N–H and O–H groups in total. The van der Waals surface area contributed by atoms with Crippen LogP contribution in [0, 0.1) is 5.21 Å². The van der Waals surface area contributed by atoms with Crippen molar-refractivity contribution in [1.29, 1.82) is 0 Å². The molecule has 0 aromatic heterocycles. The molecular weight excluding hydrogens is 330 g/mol. The van der Waals surface area contributed by atoms with Crippen molar-refractivity contribution in [1.82, 2.24) is 0 Å². The molecule has 0 amide bonds. The summed E-state index contributed by atoms with van der Waals surface area (Å²) in [4.78, 5) is 0. The SMILES string of the molecule is CC1(C)OC(/C=[N+](\[O-])Cc2ccccc2)=C(COCc2ccccc2)O1. The van der Waals surface area contributed by atoms with E-state index in [4.69, 9.17) is 14.2 Å². The molecule has 0 saturated heterocycles. The van der Waals surface area contributed by atoms with Crippen molar-refractivity contribution in [2.75, 3.05) is 6.61 Å². The maximum absolute atomic E-state index is 12.3. The normalized spacial score (nSPS) is 16.3. The number of benzene rings is 2. The lowest BCUT2D eigenvalue weighted by Crippen LogP contribution is -2.21. The van der Waals surface area contributed by atoms with Crippen molar-refractivity contribution >= 4 is 6.21 Å².